The first-order valence-electron chi connectivity index (χ1n) is 6.30. The molecule has 3 aromatic rings. The van der Waals surface area contributed by atoms with E-state index in [-0.39, 0.29) is 5.65 Å². The summed E-state index contributed by atoms with van der Waals surface area (Å²) in [5, 5.41) is 13.3. The standard InChI is InChI=1S/C14H13N5O2/c15-10-4-1-3-9(7-10)8-17-12-11-5-2-6-16-13(11)19(21)14(20)18-12/h1-7,21H,8,15H2,(H,17,18,20). The normalized spacial score (nSPS) is 10.7. The molecule has 0 bridgehead atoms. The van der Waals surface area contributed by atoms with Gasteiger partial charge in [-0.05, 0) is 29.8 Å². The van der Waals surface area contributed by atoms with E-state index in [9.17, 15) is 10.0 Å². The molecule has 0 saturated carbocycles. The van der Waals surface area contributed by atoms with Crippen molar-refractivity contribution in [3.63, 3.8) is 0 Å². The van der Waals surface area contributed by atoms with Gasteiger partial charge in [0.05, 0.1) is 5.39 Å². The molecule has 4 N–H and O–H groups in total. The maximum Gasteiger partial charge on any atom is 0.384 e. The Morgan fingerprint density at radius 3 is 2.95 bits per heavy atom. The van der Waals surface area contributed by atoms with E-state index in [4.69, 9.17) is 5.73 Å². The Labute approximate surface area is 119 Å². The van der Waals surface area contributed by atoms with E-state index in [0.29, 0.717) is 28.2 Å². The second kappa shape index (κ2) is 5.12. The molecule has 0 amide bonds. The molecule has 106 valence electrons. The zero-order valence-electron chi connectivity index (χ0n) is 11.0. The van der Waals surface area contributed by atoms with Crippen LogP contribution < -0.4 is 16.7 Å². The van der Waals surface area contributed by atoms with Gasteiger partial charge in [-0.2, -0.15) is 4.98 Å². The van der Waals surface area contributed by atoms with Crippen molar-refractivity contribution >= 4 is 22.5 Å². The summed E-state index contributed by atoms with van der Waals surface area (Å²) in [6.45, 7) is 0.455. The summed E-state index contributed by atoms with van der Waals surface area (Å²) in [6.07, 6.45) is 1.50. The van der Waals surface area contributed by atoms with Gasteiger partial charge in [-0.1, -0.05) is 12.1 Å². The number of fused-ring (bicyclic) bond motifs is 1. The van der Waals surface area contributed by atoms with Crippen molar-refractivity contribution in [2.45, 2.75) is 6.54 Å². The van der Waals surface area contributed by atoms with Gasteiger partial charge in [-0.15, -0.1) is 4.73 Å². The smallest absolute Gasteiger partial charge is 0.384 e. The van der Waals surface area contributed by atoms with Gasteiger partial charge in [0.2, 0.25) is 0 Å². The predicted octanol–water partition coefficient (Wildman–Crippen LogP) is 1.22. The van der Waals surface area contributed by atoms with E-state index in [0.717, 1.165) is 5.56 Å². The van der Waals surface area contributed by atoms with Crippen LogP contribution >= 0.6 is 0 Å². The van der Waals surface area contributed by atoms with E-state index in [1.807, 2.05) is 18.2 Å². The molecule has 0 saturated heterocycles. The van der Waals surface area contributed by atoms with Gasteiger partial charge in [0.1, 0.15) is 5.82 Å². The summed E-state index contributed by atoms with van der Waals surface area (Å²) >= 11 is 0. The van der Waals surface area contributed by atoms with Crippen LogP contribution in [0.5, 0.6) is 0 Å². The lowest BCUT2D eigenvalue weighted by Gasteiger charge is -2.09. The molecule has 0 aliphatic heterocycles. The fourth-order valence-corrected chi connectivity index (χ4v) is 2.07. The average molecular weight is 283 g/mol. The number of benzene rings is 1. The second-order valence-electron chi connectivity index (χ2n) is 4.53. The van der Waals surface area contributed by atoms with Crippen LogP contribution in [0.4, 0.5) is 11.5 Å². The molecule has 1 aromatic carbocycles. The van der Waals surface area contributed by atoms with E-state index in [1.54, 1.807) is 18.2 Å². The number of anilines is 2. The highest BCUT2D eigenvalue weighted by molar-refractivity contribution is 5.86. The fraction of sp³-hybridized carbons (Fsp3) is 0.0714. The minimum absolute atomic E-state index is 0.160. The Bertz CT molecular complexity index is 859. The van der Waals surface area contributed by atoms with Crippen molar-refractivity contribution in [1.29, 1.82) is 0 Å². The zero-order valence-corrected chi connectivity index (χ0v) is 11.0. The Morgan fingerprint density at radius 1 is 1.29 bits per heavy atom. The van der Waals surface area contributed by atoms with Gasteiger partial charge in [-0.25, -0.2) is 9.78 Å². The lowest BCUT2D eigenvalue weighted by Crippen LogP contribution is -2.23. The van der Waals surface area contributed by atoms with E-state index in [1.165, 1.54) is 6.20 Å². The summed E-state index contributed by atoms with van der Waals surface area (Å²) in [6, 6.07) is 10.8. The van der Waals surface area contributed by atoms with Gasteiger partial charge >= 0.3 is 5.69 Å². The molecule has 0 aliphatic rings. The van der Waals surface area contributed by atoms with E-state index < -0.39 is 5.69 Å². The number of aromatic nitrogens is 3. The molecule has 7 nitrogen and oxygen atoms in total. The monoisotopic (exact) mass is 283 g/mol. The molecule has 2 aromatic heterocycles. The van der Waals surface area contributed by atoms with E-state index >= 15 is 0 Å². The first-order valence-corrected chi connectivity index (χ1v) is 6.30. The molecule has 0 unspecified atom stereocenters. The molecule has 3 rings (SSSR count). The summed E-state index contributed by atoms with van der Waals surface area (Å²) < 4.78 is 0.432. The topological polar surface area (TPSA) is 106 Å². The minimum atomic E-state index is -0.781. The number of hydrogen-bond acceptors (Lipinski definition) is 6. The largest absolute Gasteiger partial charge is 0.422 e. The second-order valence-corrected chi connectivity index (χ2v) is 4.53. The third kappa shape index (κ3) is 2.48. The Balaban J connectivity index is 1.98. The molecule has 0 radical (unpaired) electrons. The first kappa shape index (κ1) is 12.9. The number of pyridine rings is 1. The van der Waals surface area contributed by atoms with Crippen molar-refractivity contribution in [3.8, 4) is 0 Å². The maximum atomic E-state index is 11.6. The van der Waals surface area contributed by atoms with E-state index in [2.05, 4.69) is 15.3 Å². The number of hydrogen-bond donors (Lipinski definition) is 3. The van der Waals surface area contributed by atoms with Crippen molar-refractivity contribution in [2.75, 3.05) is 11.1 Å². The highest BCUT2D eigenvalue weighted by atomic mass is 16.5. The third-order valence-electron chi connectivity index (χ3n) is 3.04. The quantitative estimate of drug-likeness (QED) is 0.493. The van der Waals surface area contributed by atoms with Crippen molar-refractivity contribution < 1.29 is 5.21 Å². The van der Waals surface area contributed by atoms with Crippen LogP contribution in [0.15, 0.2) is 47.4 Å². The van der Waals surface area contributed by atoms with Gasteiger partial charge in [0.15, 0.2) is 5.65 Å². The van der Waals surface area contributed by atoms with Crippen LogP contribution in [0.1, 0.15) is 5.56 Å². The predicted molar refractivity (Wildman–Crippen MR) is 79.2 cm³/mol. The third-order valence-corrected chi connectivity index (χ3v) is 3.04. The fourth-order valence-electron chi connectivity index (χ4n) is 2.07. The molecule has 7 heteroatoms. The Morgan fingerprint density at radius 2 is 2.14 bits per heavy atom. The Kier molecular flexibility index (Phi) is 3.15. The Hall–Kier alpha value is -3.09. The molecule has 0 spiro atoms. The molecule has 0 fully saturated rings. The van der Waals surface area contributed by atoms with Crippen molar-refractivity contribution in [2.24, 2.45) is 0 Å². The average Bonchev–Trinajstić information content (AvgIpc) is 2.50. The molecule has 0 aliphatic carbocycles. The molecule has 2 heterocycles. The SMILES string of the molecule is Nc1cccc(CNc2nc(=O)n(O)c3ncccc23)c1. The number of rotatable bonds is 3. The van der Waals surface area contributed by atoms with Crippen LogP contribution in [0, 0.1) is 0 Å². The summed E-state index contributed by atoms with van der Waals surface area (Å²) in [5.74, 6) is 0.371. The van der Waals surface area contributed by atoms with Crippen LogP contribution in [-0.4, -0.2) is 19.9 Å². The summed E-state index contributed by atoms with van der Waals surface area (Å²) in [5.41, 5.74) is 6.73. The molecule has 0 atom stereocenters. The highest BCUT2D eigenvalue weighted by Gasteiger charge is 2.10. The summed E-state index contributed by atoms with van der Waals surface area (Å²) in [7, 11) is 0. The van der Waals surface area contributed by atoms with Crippen LogP contribution in [0.3, 0.4) is 0 Å². The lowest BCUT2D eigenvalue weighted by molar-refractivity contribution is 0.182. The lowest BCUT2D eigenvalue weighted by atomic mass is 10.2. The number of nitrogens with one attached hydrogen (secondary N) is 1. The van der Waals surface area contributed by atoms with Crippen molar-refractivity contribution in [3.05, 3.63) is 58.6 Å². The maximum absolute atomic E-state index is 11.6. The number of nitrogens with zero attached hydrogens (tertiary/aromatic N) is 3. The molecular formula is C14H13N5O2. The van der Waals surface area contributed by atoms with Gasteiger partial charge in [0.25, 0.3) is 0 Å². The van der Waals surface area contributed by atoms with Gasteiger partial charge < -0.3 is 16.3 Å². The summed E-state index contributed by atoms with van der Waals surface area (Å²) in [4.78, 5) is 19.4. The zero-order chi connectivity index (χ0) is 14.8. The number of nitrogens with two attached hydrogens (primary N) is 1. The van der Waals surface area contributed by atoms with Crippen LogP contribution in [0.2, 0.25) is 0 Å². The molecular weight excluding hydrogens is 270 g/mol. The van der Waals surface area contributed by atoms with Gasteiger partial charge in [-0.3, -0.25) is 0 Å². The van der Waals surface area contributed by atoms with Gasteiger partial charge in [0, 0.05) is 18.4 Å². The van der Waals surface area contributed by atoms with Crippen LogP contribution in [0.25, 0.3) is 11.0 Å². The van der Waals surface area contributed by atoms with Crippen LogP contribution in [-0.2, 0) is 6.54 Å². The number of nitrogen functional groups attached to an aromatic ring is 1. The highest BCUT2D eigenvalue weighted by Crippen LogP contribution is 2.17. The van der Waals surface area contributed by atoms with Crippen molar-refractivity contribution in [1.82, 2.24) is 14.7 Å². The first-order chi connectivity index (χ1) is 10.1. The molecule has 21 heavy (non-hydrogen) atoms. The minimum Gasteiger partial charge on any atom is -0.422 e.